The maximum Gasteiger partial charge on any atom is 0.257 e. The molecule has 1 aromatic heterocycles. The molecule has 0 radical (unpaired) electrons. The first-order valence-corrected chi connectivity index (χ1v) is 6.99. The number of carbonyl (C=O) groups is 1. The fourth-order valence-corrected chi connectivity index (χ4v) is 2.38. The Labute approximate surface area is 127 Å². The molecule has 0 fully saturated rings. The van der Waals surface area contributed by atoms with Gasteiger partial charge in [0.15, 0.2) is 0 Å². The van der Waals surface area contributed by atoms with E-state index in [-0.39, 0.29) is 5.91 Å². The van der Waals surface area contributed by atoms with Crippen molar-refractivity contribution in [2.45, 2.75) is 13.5 Å². The van der Waals surface area contributed by atoms with E-state index in [4.69, 9.17) is 5.26 Å². The predicted molar refractivity (Wildman–Crippen MR) is 84.5 cm³/mol. The zero-order valence-corrected chi connectivity index (χ0v) is 12.1. The molecule has 0 unspecified atom stereocenters. The molecule has 0 aliphatic rings. The number of anilines is 1. The normalized spacial score (nSPS) is 10.4. The van der Waals surface area contributed by atoms with E-state index >= 15 is 0 Å². The standard InChI is InChI=1S/C17H14N4O/c1-2-21-15-9-8-12(11-18)10-14(15)19-17(21)20-16(22)13-6-4-3-5-7-13/h3-10H,2H2,1H3,(H,19,20,22). The van der Waals surface area contributed by atoms with Gasteiger partial charge in [0.1, 0.15) is 0 Å². The van der Waals surface area contributed by atoms with Crippen LogP contribution in [0.25, 0.3) is 11.0 Å². The van der Waals surface area contributed by atoms with Crippen molar-refractivity contribution < 1.29 is 4.79 Å². The molecule has 5 nitrogen and oxygen atoms in total. The number of nitriles is 1. The molecule has 0 spiro atoms. The number of carbonyl (C=O) groups excluding carboxylic acids is 1. The topological polar surface area (TPSA) is 70.7 Å². The zero-order chi connectivity index (χ0) is 15.5. The van der Waals surface area contributed by atoms with Crippen molar-refractivity contribution in [2.75, 3.05) is 5.32 Å². The summed E-state index contributed by atoms with van der Waals surface area (Å²) in [5.74, 6) is 0.285. The summed E-state index contributed by atoms with van der Waals surface area (Å²) in [4.78, 5) is 16.7. The highest BCUT2D eigenvalue weighted by atomic mass is 16.1. The maximum atomic E-state index is 12.3. The Morgan fingerprint density at radius 2 is 2.05 bits per heavy atom. The number of nitrogens with zero attached hydrogens (tertiary/aromatic N) is 3. The average Bonchev–Trinajstić information content (AvgIpc) is 2.91. The Bertz CT molecular complexity index is 875. The molecule has 5 heteroatoms. The summed E-state index contributed by atoms with van der Waals surface area (Å²) in [5.41, 5.74) is 2.72. The molecule has 22 heavy (non-hydrogen) atoms. The van der Waals surface area contributed by atoms with Crippen molar-refractivity contribution in [3.05, 3.63) is 59.7 Å². The van der Waals surface area contributed by atoms with Gasteiger partial charge in [0.25, 0.3) is 5.91 Å². The molecule has 0 saturated carbocycles. The van der Waals surface area contributed by atoms with Gasteiger partial charge in [0.2, 0.25) is 5.95 Å². The Hall–Kier alpha value is -3.13. The van der Waals surface area contributed by atoms with Gasteiger partial charge in [-0.25, -0.2) is 4.98 Å². The van der Waals surface area contributed by atoms with Gasteiger partial charge in [0, 0.05) is 12.1 Å². The minimum Gasteiger partial charge on any atom is -0.310 e. The van der Waals surface area contributed by atoms with Crippen molar-refractivity contribution in [1.82, 2.24) is 9.55 Å². The Kier molecular flexibility index (Phi) is 3.58. The number of amides is 1. The second-order valence-electron chi connectivity index (χ2n) is 4.82. The van der Waals surface area contributed by atoms with Crippen LogP contribution in [-0.4, -0.2) is 15.5 Å². The van der Waals surface area contributed by atoms with Crippen LogP contribution < -0.4 is 5.32 Å². The van der Waals surface area contributed by atoms with Crippen molar-refractivity contribution in [1.29, 1.82) is 5.26 Å². The number of hydrogen-bond donors (Lipinski definition) is 1. The number of rotatable bonds is 3. The number of imidazole rings is 1. The summed E-state index contributed by atoms with van der Waals surface area (Å²) in [6, 6.07) is 16.4. The summed E-state index contributed by atoms with van der Waals surface area (Å²) in [6.07, 6.45) is 0. The van der Waals surface area contributed by atoms with E-state index in [0.29, 0.717) is 29.1 Å². The molecule has 3 aromatic rings. The number of benzene rings is 2. The lowest BCUT2D eigenvalue weighted by atomic mass is 10.2. The van der Waals surface area contributed by atoms with Gasteiger partial charge in [-0.2, -0.15) is 5.26 Å². The van der Waals surface area contributed by atoms with Gasteiger partial charge in [-0.3, -0.25) is 10.1 Å². The third kappa shape index (κ3) is 2.42. The van der Waals surface area contributed by atoms with Crippen molar-refractivity contribution in [3.63, 3.8) is 0 Å². The lowest BCUT2D eigenvalue weighted by Crippen LogP contribution is -2.15. The summed E-state index contributed by atoms with van der Waals surface area (Å²) < 4.78 is 1.91. The van der Waals surface area contributed by atoms with Crippen molar-refractivity contribution in [3.8, 4) is 6.07 Å². The maximum absolute atomic E-state index is 12.3. The van der Waals surface area contributed by atoms with E-state index in [1.807, 2.05) is 35.8 Å². The summed E-state index contributed by atoms with van der Waals surface area (Å²) in [5, 5.41) is 11.8. The van der Waals surface area contributed by atoms with Crippen LogP contribution in [0.4, 0.5) is 5.95 Å². The van der Waals surface area contributed by atoms with Crippen LogP contribution in [0.3, 0.4) is 0 Å². The van der Waals surface area contributed by atoms with Crippen LogP contribution in [0.15, 0.2) is 48.5 Å². The van der Waals surface area contributed by atoms with Crippen LogP contribution in [0.1, 0.15) is 22.8 Å². The average molecular weight is 290 g/mol. The number of hydrogen-bond acceptors (Lipinski definition) is 3. The van der Waals surface area contributed by atoms with Crippen LogP contribution in [-0.2, 0) is 6.54 Å². The molecule has 0 aliphatic carbocycles. The van der Waals surface area contributed by atoms with E-state index in [1.165, 1.54) is 0 Å². The van der Waals surface area contributed by atoms with Crippen LogP contribution >= 0.6 is 0 Å². The van der Waals surface area contributed by atoms with Gasteiger partial charge in [-0.1, -0.05) is 18.2 Å². The molecule has 3 rings (SSSR count). The first kappa shape index (κ1) is 13.8. The molecule has 1 N–H and O–H groups in total. The molecular formula is C17H14N4O. The first-order chi connectivity index (χ1) is 10.7. The van der Waals surface area contributed by atoms with E-state index in [0.717, 1.165) is 5.52 Å². The van der Waals surface area contributed by atoms with Gasteiger partial charge in [0.05, 0.1) is 22.7 Å². The van der Waals surface area contributed by atoms with E-state index in [1.54, 1.807) is 24.3 Å². The van der Waals surface area contributed by atoms with Gasteiger partial charge >= 0.3 is 0 Å². The van der Waals surface area contributed by atoms with E-state index in [9.17, 15) is 4.79 Å². The van der Waals surface area contributed by atoms with Crippen molar-refractivity contribution in [2.24, 2.45) is 0 Å². The van der Waals surface area contributed by atoms with E-state index in [2.05, 4.69) is 16.4 Å². The van der Waals surface area contributed by atoms with Gasteiger partial charge in [-0.05, 0) is 37.3 Å². The second kappa shape index (κ2) is 5.70. The molecule has 2 aromatic carbocycles. The van der Waals surface area contributed by atoms with Gasteiger partial charge in [-0.15, -0.1) is 0 Å². The third-order valence-corrected chi connectivity index (χ3v) is 3.45. The zero-order valence-electron chi connectivity index (χ0n) is 12.1. The quantitative estimate of drug-likeness (QED) is 0.805. The molecule has 0 saturated heterocycles. The Balaban J connectivity index is 2.00. The first-order valence-electron chi connectivity index (χ1n) is 6.99. The fourth-order valence-electron chi connectivity index (χ4n) is 2.38. The second-order valence-corrected chi connectivity index (χ2v) is 4.82. The third-order valence-electron chi connectivity index (χ3n) is 3.45. The summed E-state index contributed by atoms with van der Waals surface area (Å²) in [7, 11) is 0. The summed E-state index contributed by atoms with van der Waals surface area (Å²) in [6.45, 7) is 2.66. The molecule has 1 amide bonds. The fraction of sp³-hybridized carbons (Fsp3) is 0.118. The molecule has 108 valence electrons. The van der Waals surface area contributed by atoms with E-state index < -0.39 is 0 Å². The number of nitrogens with one attached hydrogen (secondary N) is 1. The van der Waals surface area contributed by atoms with Crippen LogP contribution in [0.2, 0.25) is 0 Å². The molecule has 0 atom stereocenters. The number of aromatic nitrogens is 2. The molecule has 1 heterocycles. The molecular weight excluding hydrogens is 276 g/mol. The predicted octanol–water partition coefficient (Wildman–Crippen LogP) is 3.18. The van der Waals surface area contributed by atoms with Gasteiger partial charge < -0.3 is 4.57 Å². The monoisotopic (exact) mass is 290 g/mol. The minimum atomic E-state index is -0.203. The number of aryl methyl sites for hydroxylation is 1. The van der Waals surface area contributed by atoms with Crippen LogP contribution in [0.5, 0.6) is 0 Å². The SMILES string of the molecule is CCn1c(NC(=O)c2ccccc2)nc2cc(C#N)ccc21. The largest absolute Gasteiger partial charge is 0.310 e. The highest BCUT2D eigenvalue weighted by Gasteiger charge is 2.13. The molecule has 0 aliphatic heterocycles. The highest BCUT2D eigenvalue weighted by Crippen LogP contribution is 2.21. The minimum absolute atomic E-state index is 0.203. The lowest BCUT2D eigenvalue weighted by molar-refractivity contribution is 0.102. The highest BCUT2D eigenvalue weighted by molar-refractivity contribution is 6.04. The smallest absolute Gasteiger partial charge is 0.257 e. The van der Waals surface area contributed by atoms with Crippen molar-refractivity contribution >= 4 is 22.9 Å². The Morgan fingerprint density at radius 3 is 2.73 bits per heavy atom. The van der Waals surface area contributed by atoms with Crippen LogP contribution in [0, 0.1) is 11.3 Å². The number of fused-ring (bicyclic) bond motifs is 1. The summed E-state index contributed by atoms with van der Waals surface area (Å²) >= 11 is 0. The molecule has 0 bridgehead atoms. The lowest BCUT2D eigenvalue weighted by Gasteiger charge is -2.07. The Morgan fingerprint density at radius 1 is 1.27 bits per heavy atom.